The topological polar surface area (TPSA) is 41.6 Å². The molecule has 0 unspecified atom stereocenters. The van der Waals surface area contributed by atoms with Crippen molar-refractivity contribution in [2.75, 3.05) is 23.8 Å². The first-order valence-corrected chi connectivity index (χ1v) is 8.55. The molecular formula is C22H22N2O2. The molecule has 3 rings (SSSR count). The fraction of sp³-hybridized carbons (Fsp3) is 0.136. The molecule has 3 aromatic carbocycles. The highest BCUT2D eigenvalue weighted by atomic mass is 16.5. The number of carbonyl (C=O) groups is 1. The van der Waals surface area contributed by atoms with Crippen molar-refractivity contribution >= 4 is 17.3 Å². The molecule has 0 fully saturated rings. The van der Waals surface area contributed by atoms with Gasteiger partial charge in [0, 0.05) is 12.7 Å². The van der Waals surface area contributed by atoms with E-state index in [9.17, 15) is 4.79 Å². The summed E-state index contributed by atoms with van der Waals surface area (Å²) in [5, 5.41) is 3.18. The minimum Gasteiger partial charge on any atom is -0.487 e. The SMILES string of the molecule is CN(C(=O)CNc1ccccc1OCc1ccccc1)c1ccccc1. The molecule has 0 aliphatic carbocycles. The number of nitrogens with zero attached hydrogens (tertiary/aromatic N) is 1. The minimum absolute atomic E-state index is 0.0194. The predicted molar refractivity (Wildman–Crippen MR) is 106 cm³/mol. The van der Waals surface area contributed by atoms with E-state index in [1.165, 1.54) is 0 Å². The van der Waals surface area contributed by atoms with Gasteiger partial charge in [-0.1, -0.05) is 60.7 Å². The number of rotatable bonds is 7. The van der Waals surface area contributed by atoms with Crippen molar-refractivity contribution in [3.8, 4) is 5.75 Å². The van der Waals surface area contributed by atoms with E-state index in [1.807, 2.05) is 84.9 Å². The Morgan fingerprint density at radius 2 is 1.50 bits per heavy atom. The van der Waals surface area contributed by atoms with Crippen LogP contribution in [0.2, 0.25) is 0 Å². The standard InChI is InChI=1S/C22H22N2O2/c1-24(19-12-6-3-7-13-19)22(25)16-23-20-14-8-9-15-21(20)26-17-18-10-4-2-5-11-18/h2-15,23H,16-17H2,1H3. The Labute approximate surface area is 154 Å². The maximum atomic E-state index is 12.4. The third-order valence-electron chi connectivity index (χ3n) is 4.07. The van der Waals surface area contributed by atoms with Gasteiger partial charge in [-0.25, -0.2) is 0 Å². The van der Waals surface area contributed by atoms with Crippen LogP contribution in [-0.4, -0.2) is 19.5 Å². The van der Waals surface area contributed by atoms with E-state index < -0.39 is 0 Å². The predicted octanol–water partition coefficient (Wildman–Crippen LogP) is 4.34. The molecule has 1 N–H and O–H groups in total. The fourth-order valence-electron chi connectivity index (χ4n) is 2.56. The van der Waals surface area contributed by atoms with Crippen LogP contribution in [0.25, 0.3) is 0 Å². The molecule has 3 aromatic rings. The number of para-hydroxylation sites is 3. The van der Waals surface area contributed by atoms with Crippen LogP contribution in [0.4, 0.5) is 11.4 Å². The maximum absolute atomic E-state index is 12.4. The first-order chi connectivity index (χ1) is 12.7. The van der Waals surface area contributed by atoms with Gasteiger partial charge >= 0.3 is 0 Å². The van der Waals surface area contributed by atoms with Crippen LogP contribution in [-0.2, 0) is 11.4 Å². The number of likely N-dealkylation sites (N-methyl/N-ethyl adjacent to an activating group) is 1. The first kappa shape index (κ1) is 17.5. The largest absolute Gasteiger partial charge is 0.487 e. The smallest absolute Gasteiger partial charge is 0.246 e. The van der Waals surface area contributed by atoms with E-state index in [2.05, 4.69) is 5.32 Å². The Kier molecular flexibility index (Phi) is 5.88. The molecule has 0 atom stereocenters. The molecule has 26 heavy (non-hydrogen) atoms. The van der Waals surface area contributed by atoms with Crippen molar-refractivity contribution in [3.63, 3.8) is 0 Å². The summed E-state index contributed by atoms with van der Waals surface area (Å²) >= 11 is 0. The van der Waals surface area contributed by atoms with Crippen LogP contribution in [0.3, 0.4) is 0 Å². The molecule has 4 nitrogen and oxygen atoms in total. The van der Waals surface area contributed by atoms with Gasteiger partial charge < -0.3 is 15.0 Å². The van der Waals surface area contributed by atoms with Gasteiger partial charge in [0.15, 0.2) is 0 Å². The Morgan fingerprint density at radius 1 is 0.885 bits per heavy atom. The Hall–Kier alpha value is -3.27. The van der Waals surface area contributed by atoms with E-state index in [0.29, 0.717) is 6.61 Å². The molecule has 132 valence electrons. The van der Waals surface area contributed by atoms with Crippen molar-refractivity contribution in [1.82, 2.24) is 0 Å². The normalized spacial score (nSPS) is 10.2. The van der Waals surface area contributed by atoms with E-state index in [1.54, 1.807) is 11.9 Å². The highest BCUT2D eigenvalue weighted by Crippen LogP contribution is 2.24. The summed E-state index contributed by atoms with van der Waals surface area (Å²) in [6, 6.07) is 27.2. The van der Waals surface area contributed by atoms with E-state index in [0.717, 1.165) is 22.7 Å². The van der Waals surface area contributed by atoms with Crippen LogP contribution in [0.5, 0.6) is 5.75 Å². The number of hydrogen-bond donors (Lipinski definition) is 1. The zero-order valence-electron chi connectivity index (χ0n) is 14.8. The van der Waals surface area contributed by atoms with E-state index >= 15 is 0 Å². The number of ether oxygens (including phenoxy) is 1. The molecule has 0 saturated heterocycles. The summed E-state index contributed by atoms with van der Waals surface area (Å²) < 4.78 is 5.91. The molecule has 1 amide bonds. The average molecular weight is 346 g/mol. The summed E-state index contributed by atoms with van der Waals surface area (Å²) in [7, 11) is 1.77. The summed E-state index contributed by atoms with van der Waals surface area (Å²) in [5.41, 5.74) is 2.77. The van der Waals surface area contributed by atoms with Crippen molar-refractivity contribution in [2.24, 2.45) is 0 Å². The Bertz CT molecular complexity index is 835. The van der Waals surface area contributed by atoms with Crippen LogP contribution in [0, 0.1) is 0 Å². The van der Waals surface area contributed by atoms with Gasteiger partial charge in [-0.05, 0) is 29.8 Å². The van der Waals surface area contributed by atoms with Crippen LogP contribution >= 0.6 is 0 Å². The Morgan fingerprint density at radius 3 is 2.23 bits per heavy atom. The molecular weight excluding hydrogens is 324 g/mol. The quantitative estimate of drug-likeness (QED) is 0.692. The zero-order valence-corrected chi connectivity index (χ0v) is 14.8. The zero-order chi connectivity index (χ0) is 18.2. The van der Waals surface area contributed by atoms with Crippen molar-refractivity contribution in [3.05, 3.63) is 90.5 Å². The maximum Gasteiger partial charge on any atom is 0.246 e. The van der Waals surface area contributed by atoms with E-state index in [-0.39, 0.29) is 12.5 Å². The lowest BCUT2D eigenvalue weighted by Gasteiger charge is -2.19. The number of hydrogen-bond acceptors (Lipinski definition) is 3. The summed E-state index contributed by atoms with van der Waals surface area (Å²) in [6.07, 6.45) is 0. The highest BCUT2D eigenvalue weighted by molar-refractivity contribution is 5.95. The summed E-state index contributed by atoms with van der Waals surface area (Å²) in [5.74, 6) is 0.709. The molecule has 4 heteroatoms. The van der Waals surface area contributed by atoms with Gasteiger partial charge in [-0.2, -0.15) is 0 Å². The van der Waals surface area contributed by atoms with Crippen molar-refractivity contribution in [2.45, 2.75) is 6.61 Å². The van der Waals surface area contributed by atoms with Crippen LogP contribution in [0.1, 0.15) is 5.56 Å². The molecule has 0 saturated carbocycles. The van der Waals surface area contributed by atoms with Gasteiger partial charge in [0.1, 0.15) is 12.4 Å². The van der Waals surface area contributed by atoms with E-state index in [4.69, 9.17) is 4.74 Å². The lowest BCUT2D eigenvalue weighted by atomic mass is 10.2. The molecule has 0 bridgehead atoms. The lowest BCUT2D eigenvalue weighted by Crippen LogP contribution is -2.32. The minimum atomic E-state index is -0.0194. The second-order valence-electron chi connectivity index (χ2n) is 5.91. The third-order valence-corrected chi connectivity index (χ3v) is 4.07. The van der Waals surface area contributed by atoms with Gasteiger partial charge in [-0.15, -0.1) is 0 Å². The number of benzene rings is 3. The van der Waals surface area contributed by atoms with Crippen LogP contribution in [0.15, 0.2) is 84.9 Å². The summed E-state index contributed by atoms with van der Waals surface area (Å²) in [6.45, 7) is 0.675. The highest BCUT2D eigenvalue weighted by Gasteiger charge is 2.11. The molecule has 0 radical (unpaired) electrons. The number of nitrogens with one attached hydrogen (secondary N) is 1. The number of carbonyl (C=O) groups excluding carboxylic acids is 1. The Balaban J connectivity index is 1.60. The van der Waals surface area contributed by atoms with Crippen molar-refractivity contribution < 1.29 is 9.53 Å². The van der Waals surface area contributed by atoms with Gasteiger partial charge in [0.25, 0.3) is 0 Å². The molecule has 0 aliphatic heterocycles. The molecule has 0 aliphatic rings. The number of anilines is 2. The van der Waals surface area contributed by atoms with Crippen molar-refractivity contribution in [1.29, 1.82) is 0 Å². The lowest BCUT2D eigenvalue weighted by molar-refractivity contribution is -0.116. The van der Waals surface area contributed by atoms with Crippen LogP contribution < -0.4 is 15.0 Å². The third kappa shape index (κ3) is 4.63. The molecule has 0 heterocycles. The summed E-state index contributed by atoms with van der Waals surface area (Å²) in [4.78, 5) is 14.1. The average Bonchev–Trinajstić information content (AvgIpc) is 2.72. The van der Waals surface area contributed by atoms with Gasteiger partial charge in [0.2, 0.25) is 5.91 Å². The van der Waals surface area contributed by atoms with Gasteiger partial charge in [0.05, 0.1) is 12.2 Å². The molecule has 0 spiro atoms. The monoisotopic (exact) mass is 346 g/mol. The fourth-order valence-corrected chi connectivity index (χ4v) is 2.56. The number of amides is 1. The first-order valence-electron chi connectivity index (χ1n) is 8.55. The second kappa shape index (κ2) is 8.72. The molecule has 0 aromatic heterocycles. The van der Waals surface area contributed by atoms with Gasteiger partial charge in [-0.3, -0.25) is 4.79 Å². The second-order valence-corrected chi connectivity index (χ2v) is 5.91.